The smallest absolute Gasteiger partial charge is 0.343 e. The highest BCUT2D eigenvalue weighted by Gasteiger charge is 2.21. The van der Waals surface area contributed by atoms with Gasteiger partial charge in [-0.25, -0.2) is 19.2 Å². The molecule has 0 fully saturated rings. The summed E-state index contributed by atoms with van der Waals surface area (Å²) in [5.41, 5.74) is 0.437. The van der Waals surface area contributed by atoms with E-state index >= 15 is 0 Å². The molecular weight excluding hydrogens is 688 g/mol. The summed E-state index contributed by atoms with van der Waals surface area (Å²) < 4.78 is 33.3. The minimum absolute atomic E-state index is 0.00928. The molecule has 292 valence electrons. The summed E-state index contributed by atoms with van der Waals surface area (Å²) in [6.45, 7) is 9.09. The Kier molecular flexibility index (Phi) is 20.7. The third-order valence-corrected chi connectivity index (χ3v) is 8.48. The van der Waals surface area contributed by atoms with E-state index in [0.29, 0.717) is 37.6 Å². The van der Waals surface area contributed by atoms with Gasteiger partial charge in [-0.2, -0.15) is 0 Å². The first-order chi connectivity index (χ1) is 26.3. The second kappa shape index (κ2) is 25.8. The zero-order chi connectivity index (χ0) is 38.8. The zero-order valence-electron chi connectivity index (χ0n) is 31.9. The highest BCUT2D eigenvalue weighted by molar-refractivity contribution is 5.97. The first-order valence-electron chi connectivity index (χ1n) is 19.3. The van der Waals surface area contributed by atoms with Gasteiger partial charge < -0.3 is 28.4 Å². The number of hydrogen-bond donors (Lipinski definition) is 0. The van der Waals surface area contributed by atoms with Gasteiger partial charge in [0.15, 0.2) is 0 Å². The number of carbonyl (C=O) groups excluding carboxylic acids is 4. The van der Waals surface area contributed by atoms with E-state index < -0.39 is 23.9 Å². The summed E-state index contributed by atoms with van der Waals surface area (Å²) >= 11 is 0. The Hall–Kier alpha value is -5.12. The second-order valence-corrected chi connectivity index (χ2v) is 12.9. The SMILES string of the molecule is C=CC(=O)OCCCCOC(=O)c1cc(OC(=O)c2ccc(OCCCCCCCC)cc2)ccc1OC(=O)c1ccc(OCCCCCCCC)cc1. The number of ether oxygens (including phenoxy) is 6. The Morgan fingerprint density at radius 2 is 0.944 bits per heavy atom. The van der Waals surface area contributed by atoms with Gasteiger partial charge in [0.25, 0.3) is 0 Å². The Balaban J connectivity index is 1.62. The molecule has 0 aliphatic heterocycles. The molecule has 0 aliphatic rings. The van der Waals surface area contributed by atoms with Gasteiger partial charge in [-0.1, -0.05) is 84.6 Å². The Labute approximate surface area is 320 Å². The summed E-state index contributed by atoms with van der Waals surface area (Å²) in [7, 11) is 0. The summed E-state index contributed by atoms with van der Waals surface area (Å²) in [6, 6.07) is 17.4. The fraction of sp³-hybridized carbons (Fsp3) is 0.455. The number of esters is 4. The van der Waals surface area contributed by atoms with Crippen LogP contribution in [0.25, 0.3) is 0 Å². The molecule has 3 aromatic rings. The van der Waals surface area contributed by atoms with Crippen LogP contribution in [0.15, 0.2) is 79.4 Å². The van der Waals surface area contributed by atoms with E-state index in [0.717, 1.165) is 31.8 Å². The van der Waals surface area contributed by atoms with Crippen molar-refractivity contribution in [3.63, 3.8) is 0 Å². The number of rotatable bonds is 27. The van der Waals surface area contributed by atoms with Crippen molar-refractivity contribution >= 4 is 23.9 Å². The maximum absolute atomic E-state index is 13.3. The van der Waals surface area contributed by atoms with Crippen molar-refractivity contribution < 1.29 is 47.6 Å². The van der Waals surface area contributed by atoms with E-state index in [1.54, 1.807) is 48.5 Å². The fourth-order valence-corrected chi connectivity index (χ4v) is 5.34. The highest BCUT2D eigenvalue weighted by atomic mass is 16.6. The number of unbranched alkanes of at least 4 members (excludes halogenated alkanes) is 11. The van der Waals surface area contributed by atoms with Crippen LogP contribution in [0, 0.1) is 0 Å². The van der Waals surface area contributed by atoms with Crippen molar-refractivity contribution in [3.05, 3.63) is 96.1 Å². The quantitative estimate of drug-likeness (QED) is 0.0322. The van der Waals surface area contributed by atoms with E-state index in [4.69, 9.17) is 28.4 Å². The van der Waals surface area contributed by atoms with Crippen molar-refractivity contribution in [2.75, 3.05) is 26.4 Å². The molecule has 0 saturated heterocycles. The van der Waals surface area contributed by atoms with Crippen LogP contribution < -0.4 is 18.9 Å². The topological polar surface area (TPSA) is 124 Å². The molecule has 0 spiro atoms. The van der Waals surface area contributed by atoms with Crippen molar-refractivity contribution in [1.82, 2.24) is 0 Å². The predicted molar refractivity (Wildman–Crippen MR) is 208 cm³/mol. The van der Waals surface area contributed by atoms with E-state index in [9.17, 15) is 19.2 Å². The van der Waals surface area contributed by atoms with E-state index in [1.807, 2.05) is 0 Å². The van der Waals surface area contributed by atoms with Gasteiger partial charge in [0.05, 0.1) is 37.6 Å². The largest absolute Gasteiger partial charge is 0.494 e. The molecule has 0 atom stereocenters. The number of carbonyl (C=O) groups is 4. The first-order valence-corrected chi connectivity index (χ1v) is 19.3. The monoisotopic (exact) mass is 744 g/mol. The van der Waals surface area contributed by atoms with Gasteiger partial charge in [0.1, 0.15) is 28.6 Å². The molecule has 3 aromatic carbocycles. The minimum Gasteiger partial charge on any atom is -0.494 e. The molecule has 10 heteroatoms. The molecule has 0 unspecified atom stereocenters. The maximum atomic E-state index is 13.3. The minimum atomic E-state index is -0.788. The normalized spacial score (nSPS) is 10.6. The van der Waals surface area contributed by atoms with Crippen LogP contribution in [0.2, 0.25) is 0 Å². The number of hydrogen-bond acceptors (Lipinski definition) is 10. The molecule has 0 amide bonds. The number of benzene rings is 3. The lowest BCUT2D eigenvalue weighted by atomic mass is 10.1. The fourth-order valence-electron chi connectivity index (χ4n) is 5.34. The molecule has 0 radical (unpaired) electrons. The van der Waals surface area contributed by atoms with Crippen LogP contribution in [0.1, 0.15) is 135 Å². The van der Waals surface area contributed by atoms with Gasteiger partial charge in [-0.15, -0.1) is 0 Å². The lowest BCUT2D eigenvalue weighted by Gasteiger charge is -2.13. The standard InChI is InChI=1S/C44H56O10/c1-4-7-9-11-13-15-29-49-36-23-19-34(20-24-36)42(46)53-38-27-28-40(39(33-38)44(48)52-32-18-17-31-51-41(45)6-3)54-43(47)35-21-25-37(26-22-35)50-30-16-14-12-10-8-5-2/h6,19-28,33H,3-5,7-18,29-32H2,1-2H3. The van der Waals surface area contributed by atoms with Gasteiger partial charge in [-0.3, -0.25) is 0 Å². The molecular formula is C44H56O10. The lowest BCUT2D eigenvalue weighted by molar-refractivity contribution is -0.137. The van der Waals surface area contributed by atoms with Crippen LogP contribution in [0.4, 0.5) is 0 Å². The van der Waals surface area contributed by atoms with Crippen molar-refractivity contribution in [3.8, 4) is 23.0 Å². The maximum Gasteiger partial charge on any atom is 0.343 e. The van der Waals surface area contributed by atoms with E-state index in [-0.39, 0.29) is 41.4 Å². The van der Waals surface area contributed by atoms with Crippen molar-refractivity contribution in [1.29, 1.82) is 0 Å². The third-order valence-electron chi connectivity index (χ3n) is 8.48. The molecule has 0 heterocycles. The predicted octanol–water partition coefficient (Wildman–Crippen LogP) is 10.3. The summed E-state index contributed by atoms with van der Waals surface area (Å²) in [6.07, 6.45) is 15.9. The average Bonchev–Trinajstić information content (AvgIpc) is 3.19. The summed E-state index contributed by atoms with van der Waals surface area (Å²) in [4.78, 5) is 50.7. The van der Waals surface area contributed by atoms with Crippen molar-refractivity contribution in [2.45, 2.75) is 104 Å². The molecule has 0 saturated carbocycles. The average molecular weight is 745 g/mol. The first kappa shape index (κ1) is 43.3. The van der Waals surface area contributed by atoms with Gasteiger partial charge in [0.2, 0.25) is 0 Å². The Morgan fingerprint density at radius 1 is 0.500 bits per heavy atom. The van der Waals surface area contributed by atoms with Crippen LogP contribution in [-0.2, 0) is 14.3 Å². The van der Waals surface area contributed by atoms with Crippen LogP contribution in [-0.4, -0.2) is 50.3 Å². The highest BCUT2D eigenvalue weighted by Crippen LogP contribution is 2.28. The molecule has 0 N–H and O–H groups in total. The van der Waals surface area contributed by atoms with Gasteiger partial charge >= 0.3 is 23.9 Å². The molecule has 54 heavy (non-hydrogen) atoms. The summed E-state index contributed by atoms with van der Waals surface area (Å²) in [5.74, 6) is -1.38. The second-order valence-electron chi connectivity index (χ2n) is 12.9. The van der Waals surface area contributed by atoms with Gasteiger partial charge in [-0.05, 0) is 92.4 Å². The molecule has 3 rings (SSSR count). The Bertz CT molecular complexity index is 1580. The molecule has 10 nitrogen and oxygen atoms in total. The van der Waals surface area contributed by atoms with E-state index in [2.05, 4.69) is 20.4 Å². The molecule has 0 aliphatic carbocycles. The lowest BCUT2D eigenvalue weighted by Crippen LogP contribution is -2.15. The third kappa shape index (κ3) is 16.7. The van der Waals surface area contributed by atoms with Crippen LogP contribution in [0.3, 0.4) is 0 Å². The summed E-state index contributed by atoms with van der Waals surface area (Å²) in [5, 5.41) is 0. The molecule has 0 bridgehead atoms. The Morgan fingerprint density at radius 3 is 1.46 bits per heavy atom. The zero-order valence-corrected chi connectivity index (χ0v) is 31.9. The van der Waals surface area contributed by atoms with Crippen LogP contribution >= 0.6 is 0 Å². The van der Waals surface area contributed by atoms with Crippen LogP contribution in [0.5, 0.6) is 23.0 Å². The van der Waals surface area contributed by atoms with Gasteiger partial charge in [0, 0.05) is 6.08 Å². The molecule has 0 aromatic heterocycles. The van der Waals surface area contributed by atoms with Crippen molar-refractivity contribution in [2.24, 2.45) is 0 Å². The van der Waals surface area contributed by atoms with E-state index in [1.165, 1.54) is 69.6 Å².